The van der Waals surface area contributed by atoms with Crippen LogP contribution in [0.4, 0.5) is 11.4 Å². The summed E-state index contributed by atoms with van der Waals surface area (Å²) in [4.78, 5) is 24.5. The van der Waals surface area contributed by atoms with Gasteiger partial charge < -0.3 is 4.90 Å². The van der Waals surface area contributed by atoms with E-state index in [-0.39, 0.29) is 5.69 Å². The number of carbonyl (C=O) groups excluding carboxylic acids is 1. The Bertz CT molecular complexity index is 840. The summed E-state index contributed by atoms with van der Waals surface area (Å²) in [6.45, 7) is 4.20. The summed E-state index contributed by atoms with van der Waals surface area (Å²) in [5.41, 5.74) is 5.93. The van der Waals surface area contributed by atoms with Crippen molar-refractivity contribution < 1.29 is 9.72 Å². The van der Waals surface area contributed by atoms with Crippen LogP contribution in [-0.2, 0) is 0 Å². The summed E-state index contributed by atoms with van der Waals surface area (Å²) in [6.07, 6.45) is 4.07. The number of nitro groups is 1. The molecule has 0 aromatic heterocycles. The Kier molecular flexibility index (Phi) is 5.26. The first kappa shape index (κ1) is 17.6. The van der Waals surface area contributed by atoms with E-state index in [2.05, 4.69) is 27.6 Å². The Hall–Kier alpha value is -3.22. The van der Waals surface area contributed by atoms with Gasteiger partial charge in [0.05, 0.1) is 11.1 Å². The quantitative estimate of drug-likeness (QED) is 0.508. The molecule has 1 fully saturated rings. The Morgan fingerprint density at radius 1 is 1.19 bits per heavy atom. The number of hydrazone groups is 1. The van der Waals surface area contributed by atoms with Gasteiger partial charge in [-0.2, -0.15) is 5.10 Å². The average Bonchev–Trinajstić information content (AvgIpc) is 3.17. The molecular formula is C19H20N4O3. The molecule has 1 aliphatic heterocycles. The Labute approximate surface area is 151 Å². The SMILES string of the molecule is Cc1cc(N2CCCC2)ccc1/C=N\NC(=O)c1ccc([N+](=O)[O-])cc1. The summed E-state index contributed by atoms with van der Waals surface area (Å²) in [5.74, 6) is -0.414. The van der Waals surface area contributed by atoms with E-state index in [0.717, 1.165) is 24.2 Å². The van der Waals surface area contributed by atoms with Gasteiger partial charge in [-0.3, -0.25) is 14.9 Å². The molecule has 3 rings (SSSR count). The van der Waals surface area contributed by atoms with Crippen molar-refractivity contribution in [2.24, 2.45) is 5.10 Å². The van der Waals surface area contributed by atoms with Gasteiger partial charge in [0.25, 0.3) is 11.6 Å². The Morgan fingerprint density at radius 3 is 2.50 bits per heavy atom. The molecule has 1 amide bonds. The third-order valence-electron chi connectivity index (χ3n) is 4.43. The molecule has 0 radical (unpaired) electrons. The standard InChI is InChI=1S/C19H20N4O3/c1-14-12-18(22-10-2-3-11-22)9-6-16(14)13-20-21-19(24)15-4-7-17(8-5-15)23(25)26/h4-9,12-13H,2-3,10-11H2,1H3,(H,21,24)/b20-13-. The number of aryl methyl sites for hydroxylation is 1. The van der Waals surface area contributed by atoms with Crippen molar-refractivity contribution in [1.82, 2.24) is 5.43 Å². The van der Waals surface area contributed by atoms with Crippen molar-refractivity contribution in [3.63, 3.8) is 0 Å². The van der Waals surface area contributed by atoms with E-state index in [1.165, 1.54) is 42.8 Å². The Balaban J connectivity index is 1.62. The topological polar surface area (TPSA) is 87.8 Å². The molecule has 1 heterocycles. The normalized spacial score (nSPS) is 14.0. The van der Waals surface area contributed by atoms with Gasteiger partial charge in [0, 0.05) is 36.5 Å². The molecule has 1 N–H and O–H groups in total. The molecule has 0 bridgehead atoms. The fraction of sp³-hybridized carbons (Fsp3) is 0.263. The number of hydrogen-bond acceptors (Lipinski definition) is 5. The lowest BCUT2D eigenvalue weighted by Crippen LogP contribution is -2.18. The van der Waals surface area contributed by atoms with Gasteiger partial charge in [0.2, 0.25) is 0 Å². The van der Waals surface area contributed by atoms with Gasteiger partial charge in [-0.25, -0.2) is 5.43 Å². The van der Waals surface area contributed by atoms with Crippen LogP contribution in [0.3, 0.4) is 0 Å². The van der Waals surface area contributed by atoms with Gasteiger partial charge in [-0.05, 0) is 55.2 Å². The number of benzene rings is 2. The van der Waals surface area contributed by atoms with Gasteiger partial charge in [0.15, 0.2) is 0 Å². The molecule has 1 saturated heterocycles. The van der Waals surface area contributed by atoms with Gasteiger partial charge >= 0.3 is 0 Å². The molecule has 1 aliphatic rings. The lowest BCUT2D eigenvalue weighted by atomic mass is 10.1. The van der Waals surface area contributed by atoms with Crippen LogP contribution in [0.15, 0.2) is 47.6 Å². The summed E-state index contributed by atoms with van der Waals surface area (Å²) in [7, 11) is 0. The molecule has 7 heteroatoms. The number of nitrogens with zero attached hydrogens (tertiary/aromatic N) is 3. The minimum Gasteiger partial charge on any atom is -0.372 e. The predicted molar refractivity (Wildman–Crippen MR) is 101 cm³/mol. The molecule has 2 aromatic carbocycles. The minimum atomic E-state index is -0.506. The molecule has 0 unspecified atom stereocenters. The molecule has 0 saturated carbocycles. The van der Waals surface area contributed by atoms with Crippen LogP contribution in [0, 0.1) is 17.0 Å². The van der Waals surface area contributed by atoms with Crippen molar-refractivity contribution in [2.45, 2.75) is 19.8 Å². The van der Waals surface area contributed by atoms with E-state index in [4.69, 9.17) is 0 Å². The maximum absolute atomic E-state index is 12.0. The zero-order valence-electron chi connectivity index (χ0n) is 14.5. The molecule has 26 heavy (non-hydrogen) atoms. The van der Waals surface area contributed by atoms with Crippen molar-refractivity contribution in [3.05, 3.63) is 69.3 Å². The first-order chi connectivity index (χ1) is 12.5. The molecule has 0 spiro atoms. The maximum Gasteiger partial charge on any atom is 0.271 e. The number of amides is 1. The first-order valence-electron chi connectivity index (χ1n) is 8.48. The number of non-ortho nitro benzene ring substituents is 1. The first-order valence-corrected chi connectivity index (χ1v) is 8.48. The zero-order valence-corrected chi connectivity index (χ0v) is 14.5. The second kappa shape index (κ2) is 7.77. The van der Waals surface area contributed by atoms with Crippen LogP contribution < -0.4 is 10.3 Å². The van der Waals surface area contributed by atoms with E-state index >= 15 is 0 Å². The molecule has 0 aliphatic carbocycles. The highest BCUT2D eigenvalue weighted by Gasteiger charge is 2.13. The number of nitro benzene ring substituents is 1. The lowest BCUT2D eigenvalue weighted by Gasteiger charge is -2.18. The fourth-order valence-electron chi connectivity index (χ4n) is 2.94. The predicted octanol–water partition coefficient (Wildman–Crippen LogP) is 3.27. The summed E-state index contributed by atoms with van der Waals surface area (Å²) >= 11 is 0. The number of carbonyl (C=O) groups is 1. The van der Waals surface area contributed by atoms with Crippen LogP contribution in [0.25, 0.3) is 0 Å². The lowest BCUT2D eigenvalue weighted by molar-refractivity contribution is -0.384. The van der Waals surface area contributed by atoms with E-state index in [9.17, 15) is 14.9 Å². The van der Waals surface area contributed by atoms with E-state index in [1.54, 1.807) is 6.21 Å². The number of hydrogen-bond donors (Lipinski definition) is 1. The van der Waals surface area contributed by atoms with Crippen LogP contribution in [0.5, 0.6) is 0 Å². The van der Waals surface area contributed by atoms with Crippen molar-refractivity contribution >= 4 is 23.5 Å². The monoisotopic (exact) mass is 352 g/mol. The molecular weight excluding hydrogens is 332 g/mol. The average molecular weight is 352 g/mol. The van der Waals surface area contributed by atoms with Crippen molar-refractivity contribution in [2.75, 3.05) is 18.0 Å². The summed E-state index contributed by atoms with van der Waals surface area (Å²) in [5, 5.41) is 14.6. The summed E-state index contributed by atoms with van der Waals surface area (Å²) < 4.78 is 0. The van der Waals surface area contributed by atoms with Crippen LogP contribution in [0.1, 0.15) is 34.3 Å². The molecule has 2 aromatic rings. The van der Waals surface area contributed by atoms with Crippen LogP contribution in [0.2, 0.25) is 0 Å². The second-order valence-corrected chi connectivity index (χ2v) is 6.24. The summed E-state index contributed by atoms with van der Waals surface area (Å²) in [6, 6.07) is 11.6. The third kappa shape index (κ3) is 4.05. The van der Waals surface area contributed by atoms with E-state index in [0.29, 0.717) is 5.56 Å². The maximum atomic E-state index is 12.0. The van der Waals surface area contributed by atoms with E-state index < -0.39 is 10.8 Å². The number of anilines is 1. The molecule has 0 atom stereocenters. The minimum absolute atomic E-state index is 0.0567. The smallest absolute Gasteiger partial charge is 0.271 e. The van der Waals surface area contributed by atoms with Gasteiger partial charge in [-0.1, -0.05) is 6.07 Å². The van der Waals surface area contributed by atoms with E-state index in [1.807, 2.05) is 13.0 Å². The fourth-order valence-corrected chi connectivity index (χ4v) is 2.94. The Morgan fingerprint density at radius 2 is 1.88 bits per heavy atom. The largest absolute Gasteiger partial charge is 0.372 e. The molecule has 7 nitrogen and oxygen atoms in total. The highest BCUT2D eigenvalue weighted by molar-refractivity contribution is 5.95. The van der Waals surface area contributed by atoms with Crippen molar-refractivity contribution in [1.29, 1.82) is 0 Å². The molecule has 134 valence electrons. The highest BCUT2D eigenvalue weighted by Crippen LogP contribution is 2.22. The van der Waals surface area contributed by atoms with Crippen LogP contribution >= 0.6 is 0 Å². The third-order valence-corrected chi connectivity index (χ3v) is 4.43. The van der Waals surface area contributed by atoms with Crippen LogP contribution in [-0.4, -0.2) is 30.1 Å². The second-order valence-electron chi connectivity index (χ2n) is 6.24. The zero-order chi connectivity index (χ0) is 18.5. The van der Waals surface area contributed by atoms with Gasteiger partial charge in [0.1, 0.15) is 0 Å². The van der Waals surface area contributed by atoms with Gasteiger partial charge in [-0.15, -0.1) is 0 Å². The van der Waals surface area contributed by atoms with Crippen molar-refractivity contribution in [3.8, 4) is 0 Å². The number of nitrogens with one attached hydrogen (secondary N) is 1. The highest BCUT2D eigenvalue weighted by atomic mass is 16.6. The number of rotatable bonds is 5.